The van der Waals surface area contributed by atoms with Gasteiger partial charge in [-0.15, -0.1) is 11.3 Å². The van der Waals surface area contributed by atoms with E-state index in [4.69, 9.17) is 5.26 Å². The Morgan fingerprint density at radius 2 is 1.96 bits per heavy atom. The van der Waals surface area contributed by atoms with Crippen LogP contribution >= 0.6 is 11.3 Å². The minimum absolute atomic E-state index is 0.0787. The maximum absolute atomic E-state index is 12.2. The van der Waals surface area contributed by atoms with Crippen LogP contribution in [0.25, 0.3) is 11.3 Å². The van der Waals surface area contributed by atoms with Crippen molar-refractivity contribution in [3.63, 3.8) is 0 Å². The van der Waals surface area contributed by atoms with E-state index in [1.165, 1.54) is 11.3 Å². The van der Waals surface area contributed by atoms with Crippen molar-refractivity contribution >= 4 is 22.9 Å². The maximum Gasteiger partial charge on any atom is 0.231 e. The molecular weight excluding hydrogens is 318 g/mol. The van der Waals surface area contributed by atoms with Crippen LogP contribution in [-0.4, -0.2) is 10.9 Å². The molecular formula is C19H15N3OS. The van der Waals surface area contributed by atoms with Crippen molar-refractivity contribution in [3.8, 4) is 17.3 Å². The van der Waals surface area contributed by atoms with Crippen LogP contribution in [0.15, 0.2) is 53.9 Å². The van der Waals surface area contributed by atoms with E-state index in [9.17, 15) is 4.79 Å². The maximum atomic E-state index is 12.2. The van der Waals surface area contributed by atoms with Crippen molar-refractivity contribution in [2.75, 3.05) is 5.32 Å². The number of nitrogens with zero attached hydrogens (tertiary/aromatic N) is 2. The number of carbonyl (C=O) groups is 1. The van der Waals surface area contributed by atoms with Crippen LogP contribution in [-0.2, 0) is 11.2 Å². The van der Waals surface area contributed by atoms with Crippen LogP contribution in [0.1, 0.15) is 16.1 Å². The standard InChI is InChI=1S/C19H15N3OS/c1-13-4-2-3-5-16(13)21-18(23)10-19-22-17(12-24-19)15-8-6-14(11-20)7-9-15/h2-9,12H,10H2,1H3,(H,21,23). The van der Waals surface area contributed by atoms with Gasteiger partial charge in [-0.1, -0.05) is 30.3 Å². The minimum atomic E-state index is -0.0787. The largest absolute Gasteiger partial charge is 0.325 e. The second-order valence-corrected chi connectivity index (χ2v) is 6.30. The molecule has 0 saturated carbocycles. The average molecular weight is 333 g/mol. The number of thiazole rings is 1. The zero-order valence-corrected chi connectivity index (χ0v) is 13.9. The SMILES string of the molecule is Cc1ccccc1NC(=O)Cc1nc(-c2ccc(C#N)cc2)cs1. The van der Waals surface area contributed by atoms with Gasteiger partial charge in [-0.25, -0.2) is 4.98 Å². The zero-order chi connectivity index (χ0) is 16.9. The number of carbonyl (C=O) groups excluding carboxylic acids is 1. The fourth-order valence-electron chi connectivity index (χ4n) is 2.29. The highest BCUT2D eigenvalue weighted by Gasteiger charge is 2.10. The van der Waals surface area contributed by atoms with Gasteiger partial charge in [0.15, 0.2) is 0 Å². The highest BCUT2D eigenvalue weighted by molar-refractivity contribution is 7.10. The third-order valence-electron chi connectivity index (χ3n) is 3.59. The Morgan fingerprint density at radius 3 is 2.67 bits per heavy atom. The number of hydrogen-bond donors (Lipinski definition) is 1. The molecule has 0 aliphatic rings. The quantitative estimate of drug-likeness (QED) is 0.779. The molecule has 0 bridgehead atoms. The van der Waals surface area contributed by atoms with Crippen molar-refractivity contribution < 1.29 is 4.79 Å². The molecule has 4 nitrogen and oxygen atoms in total. The lowest BCUT2D eigenvalue weighted by Crippen LogP contribution is -2.14. The molecule has 1 amide bonds. The molecule has 0 aliphatic heterocycles. The van der Waals surface area contributed by atoms with Crippen LogP contribution in [0.2, 0.25) is 0 Å². The second kappa shape index (κ2) is 7.07. The van der Waals surface area contributed by atoms with Crippen LogP contribution < -0.4 is 5.32 Å². The third kappa shape index (κ3) is 3.67. The molecule has 0 saturated heterocycles. The molecule has 1 aromatic heterocycles. The molecule has 1 N–H and O–H groups in total. The number of anilines is 1. The summed E-state index contributed by atoms with van der Waals surface area (Å²) < 4.78 is 0. The summed E-state index contributed by atoms with van der Waals surface area (Å²) in [5.74, 6) is -0.0787. The molecule has 0 unspecified atom stereocenters. The number of para-hydroxylation sites is 1. The Bertz CT molecular complexity index is 907. The molecule has 5 heteroatoms. The van der Waals surface area contributed by atoms with E-state index in [2.05, 4.69) is 16.4 Å². The molecule has 2 aromatic carbocycles. The first kappa shape index (κ1) is 15.9. The van der Waals surface area contributed by atoms with Gasteiger partial charge in [-0.3, -0.25) is 4.79 Å². The summed E-state index contributed by atoms with van der Waals surface area (Å²) in [7, 11) is 0. The molecule has 0 spiro atoms. The number of nitriles is 1. The summed E-state index contributed by atoms with van der Waals surface area (Å²) in [4.78, 5) is 16.7. The van der Waals surface area contributed by atoms with E-state index in [1.807, 2.05) is 48.7 Å². The molecule has 1 heterocycles. The van der Waals surface area contributed by atoms with Crippen LogP contribution in [0.4, 0.5) is 5.69 Å². The lowest BCUT2D eigenvalue weighted by molar-refractivity contribution is -0.115. The predicted molar refractivity (Wildman–Crippen MR) is 95.8 cm³/mol. The van der Waals surface area contributed by atoms with Gasteiger partial charge in [0.25, 0.3) is 0 Å². The molecule has 0 atom stereocenters. The monoisotopic (exact) mass is 333 g/mol. The summed E-state index contributed by atoms with van der Waals surface area (Å²) in [6, 6.07) is 17.0. The summed E-state index contributed by atoms with van der Waals surface area (Å²) in [6.45, 7) is 1.96. The Labute approximate surface area is 144 Å². The fourth-order valence-corrected chi connectivity index (χ4v) is 3.09. The number of aryl methyl sites for hydroxylation is 1. The molecule has 24 heavy (non-hydrogen) atoms. The molecule has 0 fully saturated rings. The van der Waals surface area contributed by atoms with Crippen molar-refractivity contribution in [1.29, 1.82) is 5.26 Å². The van der Waals surface area contributed by atoms with E-state index in [-0.39, 0.29) is 12.3 Å². The predicted octanol–water partition coefficient (Wildman–Crippen LogP) is 4.17. The third-order valence-corrected chi connectivity index (χ3v) is 4.44. The topological polar surface area (TPSA) is 65.8 Å². The Kier molecular flexibility index (Phi) is 4.69. The van der Waals surface area contributed by atoms with Gasteiger partial charge in [-0.05, 0) is 30.7 Å². The van der Waals surface area contributed by atoms with E-state index < -0.39 is 0 Å². The summed E-state index contributed by atoms with van der Waals surface area (Å²) in [6.07, 6.45) is 0.245. The van der Waals surface area contributed by atoms with Gasteiger partial charge < -0.3 is 5.32 Å². The van der Waals surface area contributed by atoms with Crippen LogP contribution in [0, 0.1) is 18.3 Å². The van der Waals surface area contributed by atoms with Crippen LogP contribution in [0.5, 0.6) is 0 Å². The number of benzene rings is 2. The van der Waals surface area contributed by atoms with E-state index in [0.717, 1.165) is 27.5 Å². The molecule has 3 aromatic rings. The number of amides is 1. The summed E-state index contributed by atoms with van der Waals surface area (Å²) >= 11 is 1.46. The Morgan fingerprint density at radius 1 is 1.21 bits per heavy atom. The Balaban J connectivity index is 1.68. The lowest BCUT2D eigenvalue weighted by Gasteiger charge is -2.06. The van der Waals surface area contributed by atoms with Crippen molar-refractivity contribution in [2.24, 2.45) is 0 Å². The highest BCUT2D eigenvalue weighted by Crippen LogP contribution is 2.23. The molecule has 3 rings (SSSR count). The number of aromatic nitrogens is 1. The Hall–Kier alpha value is -2.97. The van der Waals surface area contributed by atoms with E-state index in [1.54, 1.807) is 12.1 Å². The van der Waals surface area contributed by atoms with Gasteiger partial charge >= 0.3 is 0 Å². The van der Waals surface area contributed by atoms with Crippen molar-refractivity contribution in [3.05, 3.63) is 70.0 Å². The van der Waals surface area contributed by atoms with E-state index in [0.29, 0.717) is 5.56 Å². The first-order valence-corrected chi connectivity index (χ1v) is 8.34. The average Bonchev–Trinajstić information content (AvgIpc) is 3.05. The van der Waals surface area contributed by atoms with Gasteiger partial charge in [0.2, 0.25) is 5.91 Å². The van der Waals surface area contributed by atoms with Crippen molar-refractivity contribution in [2.45, 2.75) is 13.3 Å². The number of nitrogens with one attached hydrogen (secondary N) is 1. The summed E-state index contributed by atoms with van der Waals surface area (Å²) in [5, 5.41) is 14.4. The van der Waals surface area contributed by atoms with Gasteiger partial charge in [0.05, 0.1) is 23.7 Å². The van der Waals surface area contributed by atoms with E-state index >= 15 is 0 Å². The lowest BCUT2D eigenvalue weighted by atomic mass is 10.1. The van der Waals surface area contributed by atoms with Gasteiger partial charge in [0, 0.05) is 16.6 Å². The fraction of sp³-hybridized carbons (Fsp3) is 0.105. The molecule has 118 valence electrons. The zero-order valence-electron chi connectivity index (χ0n) is 13.1. The smallest absolute Gasteiger partial charge is 0.231 e. The number of rotatable bonds is 4. The van der Waals surface area contributed by atoms with Crippen molar-refractivity contribution in [1.82, 2.24) is 4.98 Å². The highest BCUT2D eigenvalue weighted by atomic mass is 32.1. The first-order valence-electron chi connectivity index (χ1n) is 7.46. The normalized spacial score (nSPS) is 10.2. The molecule has 0 radical (unpaired) electrons. The minimum Gasteiger partial charge on any atom is -0.325 e. The van der Waals surface area contributed by atoms with Crippen LogP contribution in [0.3, 0.4) is 0 Å². The number of hydrogen-bond acceptors (Lipinski definition) is 4. The van der Waals surface area contributed by atoms with Gasteiger partial charge in [-0.2, -0.15) is 5.26 Å². The first-order chi connectivity index (χ1) is 11.7. The van der Waals surface area contributed by atoms with Gasteiger partial charge in [0.1, 0.15) is 5.01 Å². The second-order valence-electron chi connectivity index (χ2n) is 5.36. The summed E-state index contributed by atoms with van der Waals surface area (Å²) in [5.41, 5.74) is 4.24. The molecule has 0 aliphatic carbocycles.